The summed E-state index contributed by atoms with van der Waals surface area (Å²) in [6, 6.07) is 7.92. The predicted molar refractivity (Wildman–Crippen MR) is 134 cm³/mol. The highest BCUT2D eigenvalue weighted by molar-refractivity contribution is 6.07. The van der Waals surface area contributed by atoms with Crippen molar-refractivity contribution >= 4 is 23.4 Å². The van der Waals surface area contributed by atoms with Gasteiger partial charge in [-0.25, -0.2) is 4.39 Å². The molecule has 4 aliphatic carbocycles. The average molecular weight is 492 g/mol. The van der Waals surface area contributed by atoms with Crippen LogP contribution in [0.5, 0.6) is 0 Å². The first-order valence-corrected chi connectivity index (χ1v) is 12.9. The van der Waals surface area contributed by atoms with Crippen LogP contribution in [-0.2, 0) is 4.79 Å². The first-order valence-electron chi connectivity index (χ1n) is 12.9. The fourth-order valence-electron chi connectivity index (χ4n) is 8.43. The lowest BCUT2D eigenvalue weighted by Crippen LogP contribution is -2.62. The molecule has 6 nitrogen and oxygen atoms in total. The van der Waals surface area contributed by atoms with Crippen molar-refractivity contribution in [2.45, 2.75) is 70.5 Å². The third-order valence-corrected chi connectivity index (χ3v) is 10.2. The molecule has 190 valence electrons. The number of nitrogens with one attached hydrogen (secondary N) is 1. The molecule has 1 aromatic rings. The predicted octanol–water partition coefficient (Wildman–Crippen LogP) is 4.92. The van der Waals surface area contributed by atoms with Crippen LogP contribution in [0.15, 0.2) is 40.9 Å². The highest BCUT2D eigenvalue weighted by Crippen LogP contribution is 2.68. The molecule has 4 aliphatic rings. The van der Waals surface area contributed by atoms with Crippen LogP contribution in [0.4, 0.5) is 10.1 Å². The summed E-state index contributed by atoms with van der Waals surface area (Å²) < 4.78 is 13.4. The standard InChI is InChI=1S/C29H34FN3O3/c1-27-14-17(16-32)23(33-20-6-4-19(30)5-7-20)13-18(27)3-8-21-22-9-11-29(36,25(35)10-12-31)28(22,2)15-24(34)26(21)27/h4-7,13,16-17,21-22,24,26,32,34,36H,3,8-11,14-15H2,1-2H3. The van der Waals surface area contributed by atoms with Crippen LogP contribution in [-0.4, -0.2) is 39.6 Å². The van der Waals surface area contributed by atoms with E-state index in [2.05, 4.69) is 13.0 Å². The first-order chi connectivity index (χ1) is 17.1. The Hall–Kier alpha value is -2.69. The monoisotopic (exact) mass is 491 g/mol. The second-order valence-electron chi connectivity index (χ2n) is 11.8. The van der Waals surface area contributed by atoms with Crippen molar-refractivity contribution in [1.82, 2.24) is 0 Å². The van der Waals surface area contributed by atoms with Gasteiger partial charge in [-0.1, -0.05) is 19.4 Å². The first kappa shape index (κ1) is 25.0. The summed E-state index contributed by atoms with van der Waals surface area (Å²) in [4.78, 5) is 17.6. The van der Waals surface area contributed by atoms with E-state index in [1.165, 1.54) is 23.9 Å². The SMILES string of the molecule is CC12CC(C=N)C(=Nc3ccc(F)cc3)C=C1CCC1C2C(O)CC2(C)C1CCC2(O)C(=O)CC#N. The van der Waals surface area contributed by atoms with E-state index in [0.29, 0.717) is 31.4 Å². The molecule has 0 aliphatic heterocycles. The Balaban J connectivity index is 1.50. The lowest BCUT2D eigenvalue weighted by atomic mass is 9.44. The number of halogens is 1. The van der Waals surface area contributed by atoms with Crippen LogP contribution in [0.1, 0.15) is 58.8 Å². The zero-order chi connectivity index (χ0) is 25.9. The number of hydrogen-bond donors (Lipinski definition) is 3. The molecule has 0 bridgehead atoms. The number of hydrogen-bond acceptors (Lipinski definition) is 6. The van der Waals surface area contributed by atoms with E-state index in [4.69, 9.17) is 15.7 Å². The van der Waals surface area contributed by atoms with Crippen LogP contribution < -0.4 is 0 Å². The van der Waals surface area contributed by atoms with E-state index in [9.17, 15) is 19.4 Å². The lowest BCUT2D eigenvalue weighted by Gasteiger charge is -2.61. The Morgan fingerprint density at radius 2 is 2.00 bits per heavy atom. The maximum Gasteiger partial charge on any atom is 0.178 e. The van der Waals surface area contributed by atoms with Gasteiger partial charge in [-0.05, 0) is 92.0 Å². The van der Waals surface area contributed by atoms with Crippen molar-refractivity contribution in [3.63, 3.8) is 0 Å². The molecular weight excluding hydrogens is 457 g/mol. The van der Waals surface area contributed by atoms with Gasteiger partial charge >= 0.3 is 0 Å². The Bertz CT molecular complexity index is 1190. The molecule has 8 atom stereocenters. The summed E-state index contributed by atoms with van der Waals surface area (Å²) in [5.41, 5.74) is -0.00738. The lowest BCUT2D eigenvalue weighted by molar-refractivity contribution is -0.179. The molecule has 3 saturated carbocycles. The minimum absolute atomic E-state index is 0.0428. The minimum atomic E-state index is -1.57. The Morgan fingerprint density at radius 1 is 1.28 bits per heavy atom. The molecule has 36 heavy (non-hydrogen) atoms. The summed E-state index contributed by atoms with van der Waals surface area (Å²) in [5.74, 6) is -0.774. The molecule has 0 heterocycles. The fourth-order valence-corrected chi connectivity index (χ4v) is 8.43. The zero-order valence-corrected chi connectivity index (χ0v) is 20.9. The molecular formula is C29H34FN3O3. The van der Waals surface area contributed by atoms with E-state index in [0.717, 1.165) is 18.6 Å². The summed E-state index contributed by atoms with van der Waals surface area (Å²) in [5, 5.41) is 40.4. The van der Waals surface area contributed by atoms with Crippen LogP contribution in [0.3, 0.4) is 0 Å². The van der Waals surface area contributed by atoms with Crippen molar-refractivity contribution in [3.8, 4) is 6.07 Å². The molecule has 3 N–H and O–H groups in total. The molecule has 8 unspecified atom stereocenters. The van der Waals surface area contributed by atoms with Crippen LogP contribution in [0.25, 0.3) is 0 Å². The van der Waals surface area contributed by atoms with Gasteiger partial charge in [-0.3, -0.25) is 9.79 Å². The van der Waals surface area contributed by atoms with Crippen molar-refractivity contribution in [1.29, 1.82) is 10.7 Å². The van der Waals surface area contributed by atoms with Gasteiger partial charge in [-0.2, -0.15) is 5.26 Å². The van der Waals surface area contributed by atoms with Gasteiger partial charge in [-0.15, -0.1) is 0 Å². The molecule has 0 aromatic heterocycles. The normalized spacial score (nSPS) is 42.5. The summed E-state index contributed by atoms with van der Waals surface area (Å²) in [6.45, 7) is 4.12. The second kappa shape index (κ2) is 8.71. The number of nitrogens with zero attached hydrogens (tertiary/aromatic N) is 2. The smallest absolute Gasteiger partial charge is 0.178 e. The van der Waals surface area contributed by atoms with Gasteiger partial charge in [0.05, 0.1) is 24.3 Å². The average Bonchev–Trinajstić information content (AvgIpc) is 3.11. The fraction of sp³-hybridized carbons (Fsp3) is 0.586. The number of benzene rings is 1. The molecule has 1 aromatic carbocycles. The maximum absolute atomic E-state index is 13.4. The molecule has 0 amide bonds. The Kier molecular flexibility index (Phi) is 6.04. The molecule has 0 spiro atoms. The number of carbonyl (C=O) groups excluding carboxylic acids is 1. The third kappa shape index (κ3) is 3.53. The minimum Gasteiger partial charge on any atom is -0.393 e. The quantitative estimate of drug-likeness (QED) is 0.518. The van der Waals surface area contributed by atoms with Gasteiger partial charge in [0.25, 0.3) is 0 Å². The van der Waals surface area contributed by atoms with Crippen LogP contribution in [0, 0.1) is 57.1 Å². The highest BCUT2D eigenvalue weighted by atomic mass is 19.1. The van der Waals surface area contributed by atoms with E-state index in [1.54, 1.807) is 12.1 Å². The van der Waals surface area contributed by atoms with Gasteiger partial charge in [0.15, 0.2) is 5.78 Å². The Labute approximate surface area is 211 Å². The van der Waals surface area contributed by atoms with E-state index in [-0.39, 0.29) is 41.3 Å². The Morgan fingerprint density at radius 3 is 2.67 bits per heavy atom. The topological polar surface area (TPSA) is 118 Å². The van der Waals surface area contributed by atoms with Crippen molar-refractivity contribution in [2.75, 3.05) is 0 Å². The van der Waals surface area contributed by atoms with Gasteiger partial charge < -0.3 is 15.6 Å². The maximum atomic E-state index is 13.4. The highest BCUT2D eigenvalue weighted by Gasteiger charge is 2.68. The van der Waals surface area contributed by atoms with Gasteiger partial charge in [0.2, 0.25) is 0 Å². The number of carbonyl (C=O) groups is 1. The number of aliphatic hydroxyl groups is 2. The molecule has 0 saturated heterocycles. The van der Waals surface area contributed by atoms with Gasteiger partial charge in [0, 0.05) is 23.3 Å². The number of aliphatic imine (C=N–C) groups is 1. The van der Waals surface area contributed by atoms with Crippen molar-refractivity contribution < 1.29 is 19.4 Å². The van der Waals surface area contributed by atoms with Crippen LogP contribution >= 0.6 is 0 Å². The number of allylic oxidation sites excluding steroid dienone is 2. The molecule has 5 rings (SSSR count). The zero-order valence-electron chi connectivity index (χ0n) is 20.9. The third-order valence-electron chi connectivity index (χ3n) is 10.2. The van der Waals surface area contributed by atoms with Crippen molar-refractivity contribution in [3.05, 3.63) is 41.7 Å². The summed E-state index contributed by atoms with van der Waals surface area (Å²) >= 11 is 0. The van der Waals surface area contributed by atoms with Crippen LogP contribution in [0.2, 0.25) is 0 Å². The molecule has 3 fully saturated rings. The number of aliphatic hydroxyl groups excluding tert-OH is 1. The second-order valence-corrected chi connectivity index (χ2v) is 11.8. The molecule has 0 radical (unpaired) electrons. The van der Waals surface area contributed by atoms with Gasteiger partial charge in [0.1, 0.15) is 11.4 Å². The summed E-state index contributed by atoms with van der Waals surface area (Å²) in [7, 11) is 0. The van der Waals surface area contributed by atoms with Crippen molar-refractivity contribution in [2.24, 2.45) is 39.5 Å². The number of ketones is 1. The van der Waals surface area contributed by atoms with E-state index >= 15 is 0 Å². The largest absolute Gasteiger partial charge is 0.393 e. The number of fused-ring (bicyclic) bond motifs is 5. The summed E-state index contributed by atoms with van der Waals surface area (Å²) in [6.07, 6.45) is 6.18. The number of rotatable bonds is 4. The van der Waals surface area contributed by atoms with E-state index in [1.807, 2.05) is 13.0 Å². The number of nitriles is 1. The van der Waals surface area contributed by atoms with E-state index < -0.39 is 22.9 Å². The number of Topliss-reactive ketones (excluding diaryl/α,β-unsaturated/α-hetero) is 1. The molecule has 7 heteroatoms.